The predicted molar refractivity (Wildman–Crippen MR) is 88.2 cm³/mol. The number of amides is 2. The van der Waals surface area contributed by atoms with Crippen molar-refractivity contribution >= 4 is 17.7 Å². The highest BCUT2D eigenvalue weighted by Crippen LogP contribution is 2.31. The van der Waals surface area contributed by atoms with Crippen molar-refractivity contribution in [2.45, 2.75) is 33.6 Å². The van der Waals surface area contributed by atoms with Gasteiger partial charge in [-0.3, -0.25) is 4.79 Å². The Morgan fingerprint density at radius 2 is 1.83 bits per heavy atom. The molecular formula is C17H24N2O4. The number of anilines is 1. The molecule has 0 spiro atoms. The molecule has 1 saturated heterocycles. The van der Waals surface area contributed by atoms with Crippen molar-refractivity contribution in [1.29, 1.82) is 0 Å². The second kappa shape index (κ2) is 6.89. The number of nitrogens with zero attached hydrogens (tertiary/aromatic N) is 1. The van der Waals surface area contributed by atoms with Crippen LogP contribution in [0.5, 0.6) is 5.75 Å². The van der Waals surface area contributed by atoms with Crippen molar-refractivity contribution in [2.75, 3.05) is 25.5 Å². The number of aliphatic carboxylic acids is 1. The average Bonchev–Trinajstić information content (AvgIpc) is 2.54. The zero-order valence-electron chi connectivity index (χ0n) is 14.1. The van der Waals surface area contributed by atoms with Gasteiger partial charge in [0.05, 0.1) is 13.0 Å². The molecule has 2 rings (SSSR count). The summed E-state index contributed by atoms with van der Waals surface area (Å²) in [5.41, 5.74) is 3.72. The fraction of sp³-hybridized carbons (Fsp3) is 0.529. The van der Waals surface area contributed by atoms with Crippen molar-refractivity contribution < 1.29 is 19.4 Å². The summed E-state index contributed by atoms with van der Waals surface area (Å²) in [6.07, 6.45) is 1.00. The van der Waals surface area contributed by atoms with Crippen LogP contribution in [0.2, 0.25) is 0 Å². The number of benzene rings is 1. The van der Waals surface area contributed by atoms with Crippen LogP contribution in [0.4, 0.5) is 10.5 Å². The van der Waals surface area contributed by atoms with Crippen LogP contribution in [-0.4, -0.2) is 42.2 Å². The van der Waals surface area contributed by atoms with Crippen molar-refractivity contribution in [3.8, 4) is 5.75 Å². The Hall–Kier alpha value is -2.24. The number of aryl methyl sites for hydroxylation is 1. The number of ether oxygens (including phenoxy) is 1. The first-order valence-electron chi connectivity index (χ1n) is 7.78. The van der Waals surface area contributed by atoms with Crippen molar-refractivity contribution in [3.05, 3.63) is 22.8 Å². The number of carbonyl (C=O) groups is 2. The van der Waals surface area contributed by atoms with Crippen molar-refractivity contribution in [2.24, 2.45) is 5.92 Å². The Morgan fingerprint density at radius 3 is 2.35 bits per heavy atom. The summed E-state index contributed by atoms with van der Waals surface area (Å²) in [5.74, 6) is -0.312. The molecule has 1 heterocycles. The molecule has 2 amide bonds. The van der Waals surface area contributed by atoms with E-state index >= 15 is 0 Å². The number of hydrogen-bond donors (Lipinski definition) is 2. The molecule has 0 radical (unpaired) electrons. The van der Waals surface area contributed by atoms with E-state index in [-0.39, 0.29) is 11.9 Å². The monoisotopic (exact) mass is 320 g/mol. The number of rotatable bonds is 3. The van der Waals surface area contributed by atoms with E-state index in [4.69, 9.17) is 9.84 Å². The summed E-state index contributed by atoms with van der Waals surface area (Å²) in [5, 5.41) is 12.0. The van der Waals surface area contributed by atoms with E-state index in [0.29, 0.717) is 25.9 Å². The number of hydrogen-bond acceptors (Lipinski definition) is 3. The van der Waals surface area contributed by atoms with Gasteiger partial charge in [0.2, 0.25) is 0 Å². The lowest BCUT2D eigenvalue weighted by Crippen LogP contribution is -2.42. The number of carboxylic acid groups (broad SMARTS) is 1. The number of urea groups is 1. The van der Waals surface area contributed by atoms with Gasteiger partial charge in [0.15, 0.2) is 0 Å². The van der Waals surface area contributed by atoms with Crippen LogP contribution in [0.1, 0.15) is 29.5 Å². The molecule has 1 aliphatic rings. The number of piperidine rings is 1. The molecule has 0 saturated carbocycles. The van der Waals surface area contributed by atoms with Gasteiger partial charge in [-0.1, -0.05) is 0 Å². The Kier molecular flexibility index (Phi) is 5.13. The lowest BCUT2D eigenvalue weighted by molar-refractivity contribution is -0.143. The summed E-state index contributed by atoms with van der Waals surface area (Å²) in [7, 11) is 1.63. The molecule has 0 atom stereocenters. The highest BCUT2D eigenvalue weighted by Gasteiger charge is 2.27. The number of likely N-dealkylation sites (tertiary alicyclic amines) is 1. The Labute approximate surface area is 136 Å². The molecule has 1 aromatic carbocycles. The third kappa shape index (κ3) is 3.57. The van der Waals surface area contributed by atoms with Gasteiger partial charge < -0.3 is 20.1 Å². The largest absolute Gasteiger partial charge is 0.496 e. The molecule has 2 N–H and O–H groups in total. The van der Waals surface area contributed by atoms with E-state index < -0.39 is 5.97 Å². The van der Waals surface area contributed by atoms with Crippen molar-refractivity contribution in [3.63, 3.8) is 0 Å². The third-order valence-electron chi connectivity index (χ3n) is 4.63. The van der Waals surface area contributed by atoms with Gasteiger partial charge in [-0.15, -0.1) is 0 Å². The maximum Gasteiger partial charge on any atom is 0.321 e. The van der Waals surface area contributed by atoms with Gasteiger partial charge in [0.25, 0.3) is 0 Å². The van der Waals surface area contributed by atoms with E-state index in [1.165, 1.54) is 0 Å². The molecule has 6 nitrogen and oxygen atoms in total. The van der Waals surface area contributed by atoms with E-state index in [2.05, 4.69) is 5.32 Å². The first-order valence-corrected chi connectivity index (χ1v) is 7.78. The Morgan fingerprint density at radius 1 is 1.22 bits per heavy atom. The summed E-state index contributed by atoms with van der Waals surface area (Å²) >= 11 is 0. The topological polar surface area (TPSA) is 78.9 Å². The highest BCUT2D eigenvalue weighted by atomic mass is 16.5. The zero-order chi connectivity index (χ0) is 17.1. The number of carbonyl (C=O) groups excluding carboxylic acids is 1. The molecule has 1 fully saturated rings. The smallest absolute Gasteiger partial charge is 0.321 e. The SMILES string of the molecule is COc1cc(C)c(NC(=O)N2CCC(C(=O)O)CC2)c(C)c1C. The molecule has 0 unspecified atom stereocenters. The van der Waals surface area contributed by atoms with Gasteiger partial charge in [-0.2, -0.15) is 0 Å². The van der Waals surface area contributed by atoms with E-state index in [1.807, 2.05) is 26.8 Å². The minimum atomic E-state index is -0.775. The Balaban J connectivity index is 2.10. The maximum atomic E-state index is 12.5. The Bertz CT molecular complexity index is 620. The third-order valence-corrected chi connectivity index (χ3v) is 4.63. The molecule has 0 aliphatic carbocycles. The predicted octanol–water partition coefficient (Wildman–Crippen LogP) is 2.95. The van der Waals surface area contributed by atoms with Crippen LogP contribution in [0.25, 0.3) is 0 Å². The first-order chi connectivity index (χ1) is 10.8. The lowest BCUT2D eigenvalue weighted by atomic mass is 9.97. The van der Waals surface area contributed by atoms with Crippen molar-refractivity contribution in [1.82, 2.24) is 4.90 Å². The van der Waals surface area contributed by atoms with E-state index in [1.54, 1.807) is 12.0 Å². The fourth-order valence-corrected chi connectivity index (χ4v) is 2.96. The summed E-state index contributed by atoms with van der Waals surface area (Å²) in [4.78, 5) is 25.1. The van der Waals surface area contributed by atoms with Gasteiger partial charge in [0.1, 0.15) is 5.75 Å². The minimum absolute atomic E-state index is 0.176. The van der Waals surface area contributed by atoms with E-state index in [0.717, 1.165) is 28.1 Å². The van der Waals surface area contributed by atoms with Gasteiger partial charge in [0, 0.05) is 18.8 Å². The van der Waals surface area contributed by atoms with Gasteiger partial charge >= 0.3 is 12.0 Å². The normalized spacial score (nSPS) is 15.4. The molecule has 1 aliphatic heterocycles. The van der Waals surface area contributed by atoms with Crippen LogP contribution in [-0.2, 0) is 4.79 Å². The zero-order valence-corrected chi connectivity index (χ0v) is 14.1. The maximum absolute atomic E-state index is 12.5. The molecule has 0 bridgehead atoms. The molecule has 126 valence electrons. The van der Waals surface area contributed by atoms with Crippen LogP contribution in [0.3, 0.4) is 0 Å². The quantitative estimate of drug-likeness (QED) is 0.897. The molecule has 6 heteroatoms. The minimum Gasteiger partial charge on any atom is -0.496 e. The van der Waals surface area contributed by atoms with E-state index in [9.17, 15) is 9.59 Å². The number of carboxylic acids is 1. The standard InChI is InChI=1S/C17H24N2O4/c1-10-9-14(23-4)11(2)12(3)15(10)18-17(22)19-7-5-13(6-8-19)16(20)21/h9,13H,5-8H2,1-4H3,(H,18,22)(H,20,21). The van der Waals surface area contributed by atoms with Crippen LogP contribution < -0.4 is 10.1 Å². The summed E-state index contributed by atoms with van der Waals surface area (Å²) in [6, 6.07) is 1.74. The number of nitrogens with one attached hydrogen (secondary N) is 1. The molecule has 0 aromatic heterocycles. The average molecular weight is 320 g/mol. The van der Waals surface area contributed by atoms with Crippen LogP contribution in [0.15, 0.2) is 6.07 Å². The molecular weight excluding hydrogens is 296 g/mol. The van der Waals surface area contributed by atoms with Crippen LogP contribution >= 0.6 is 0 Å². The molecule has 1 aromatic rings. The first kappa shape index (κ1) is 17.1. The van der Waals surface area contributed by atoms with Gasteiger partial charge in [-0.05, 0) is 56.4 Å². The number of methoxy groups -OCH3 is 1. The molecule has 23 heavy (non-hydrogen) atoms. The highest BCUT2D eigenvalue weighted by molar-refractivity contribution is 5.91. The lowest BCUT2D eigenvalue weighted by Gasteiger charge is -2.30. The fourth-order valence-electron chi connectivity index (χ4n) is 2.96. The second-order valence-electron chi connectivity index (χ2n) is 6.05. The second-order valence-corrected chi connectivity index (χ2v) is 6.05. The summed E-state index contributed by atoms with van der Waals surface area (Å²) in [6.45, 7) is 6.78. The van der Waals surface area contributed by atoms with Gasteiger partial charge in [-0.25, -0.2) is 4.79 Å². The van der Waals surface area contributed by atoms with Crippen LogP contribution in [0, 0.1) is 26.7 Å². The summed E-state index contributed by atoms with van der Waals surface area (Å²) < 4.78 is 5.34.